The van der Waals surface area contributed by atoms with Crippen molar-refractivity contribution in [2.24, 2.45) is 0 Å². The van der Waals surface area contributed by atoms with Gasteiger partial charge in [-0.15, -0.1) is 0 Å². The molecule has 7 aromatic rings. The van der Waals surface area contributed by atoms with Crippen molar-refractivity contribution in [2.75, 3.05) is 4.90 Å². The zero-order chi connectivity index (χ0) is 30.9. The molecule has 1 heteroatoms. The van der Waals surface area contributed by atoms with Gasteiger partial charge in [-0.25, -0.2) is 0 Å². The number of nitrogens with zero attached hydrogens (tertiary/aromatic N) is 1. The van der Waals surface area contributed by atoms with Crippen molar-refractivity contribution in [2.45, 2.75) is 0 Å². The van der Waals surface area contributed by atoms with E-state index in [1.807, 2.05) is 132 Å². The Morgan fingerprint density at radius 2 is 0.854 bits per heavy atom. The number of hydrogen-bond acceptors (Lipinski definition) is 1. The maximum atomic E-state index is 9.49. The molecule has 0 aliphatic carbocycles. The Kier molecular flexibility index (Phi) is 5.50. The van der Waals surface area contributed by atoms with Gasteiger partial charge < -0.3 is 4.90 Å². The van der Waals surface area contributed by atoms with Gasteiger partial charge in [0.25, 0.3) is 0 Å². The van der Waals surface area contributed by atoms with E-state index in [1.54, 1.807) is 0 Å². The van der Waals surface area contributed by atoms with Gasteiger partial charge in [-0.1, -0.05) is 133 Å². The highest BCUT2D eigenvalue weighted by Gasteiger charge is 2.14. The first-order chi connectivity index (χ1) is 22.0. The number of benzene rings is 7. The predicted octanol–water partition coefficient (Wildman–Crippen LogP) is 11.3. The Morgan fingerprint density at radius 1 is 0.366 bits per heavy atom. The molecule has 0 radical (unpaired) electrons. The topological polar surface area (TPSA) is 3.24 Å². The van der Waals surface area contributed by atoms with E-state index in [-0.39, 0.29) is 29.9 Å². The molecule has 1 nitrogen and oxygen atoms in total. The van der Waals surface area contributed by atoms with Crippen LogP contribution in [0.3, 0.4) is 0 Å². The fourth-order valence-corrected chi connectivity index (χ4v) is 5.21. The minimum absolute atomic E-state index is 0.0375. The first-order valence-corrected chi connectivity index (χ1v) is 13.7. The quantitative estimate of drug-likeness (QED) is 0.208. The number of hydrogen-bond donors (Lipinski definition) is 0. The van der Waals surface area contributed by atoms with E-state index in [0.29, 0.717) is 11.1 Å². The minimum atomic E-state index is -0.212. The maximum Gasteiger partial charge on any atom is 0.0651 e. The molecule has 0 aromatic heterocycles. The molecule has 0 spiro atoms. The number of fused-ring (bicyclic) bond motifs is 1. The lowest BCUT2D eigenvalue weighted by atomic mass is 10.00. The third-order valence-electron chi connectivity index (χ3n) is 7.34. The molecule has 0 bridgehead atoms. The van der Waals surface area contributed by atoms with Crippen LogP contribution in [0.2, 0.25) is 0 Å². The van der Waals surface area contributed by atoms with Gasteiger partial charge in [0.2, 0.25) is 0 Å². The van der Waals surface area contributed by atoms with Crippen LogP contribution in [0, 0.1) is 0 Å². The Morgan fingerprint density at radius 3 is 1.44 bits per heavy atom. The molecule has 0 amide bonds. The van der Waals surface area contributed by atoms with Crippen LogP contribution in [0.5, 0.6) is 0 Å². The van der Waals surface area contributed by atoms with Gasteiger partial charge in [0.15, 0.2) is 0 Å². The maximum absolute atomic E-state index is 9.49. The molecule has 0 unspecified atom stereocenters. The van der Waals surface area contributed by atoms with E-state index in [2.05, 4.69) is 24.3 Å². The zero-order valence-electron chi connectivity index (χ0n) is 26.4. The van der Waals surface area contributed by atoms with Gasteiger partial charge in [-0.3, -0.25) is 0 Å². The molecule has 7 rings (SSSR count). The predicted molar refractivity (Wildman–Crippen MR) is 175 cm³/mol. The fourth-order valence-electron chi connectivity index (χ4n) is 5.21. The second-order valence-electron chi connectivity index (χ2n) is 9.95. The summed E-state index contributed by atoms with van der Waals surface area (Å²) in [5.74, 6) is 0. The largest absolute Gasteiger partial charge is 0.310 e. The lowest BCUT2D eigenvalue weighted by Crippen LogP contribution is -2.10. The van der Waals surface area contributed by atoms with Crippen LogP contribution in [0.15, 0.2) is 176 Å². The van der Waals surface area contributed by atoms with Gasteiger partial charge in [0.05, 0.1) is 5.48 Å². The summed E-state index contributed by atoms with van der Waals surface area (Å²) in [5, 5.41) is 2.04. The highest BCUT2D eigenvalue weighted by atomic mass is 15.1. The van der Waals surface area contributed by atoms with Gasteiger partial charge in [-0.05, 0) is 86.6 Å². The molecule has 0 N–H and O–H groups in total. The van der Waals surface area contributed by atoms with E-state index in [9.17, 15) is 1.37 Å². The average molecular weight is 528 g/mol. The summed E-state index contributed by atoms with van der Waals surface area (Å²) >= 11 is 0. The van der Waals surface area contributed by atoms with E-state index in [1.165, 1.54) is 0 Å². The molecule has 0 fully saturated rings. The lowest BCUT2D eigenvalue weighted by molar-refractivity contribution is 1.28. The van der Waals surface area contributed by atoms with Crippen LogP contribution >= 0.6 is 0 Å². The zero-order valence-corrected chi connectivity index (χ0v) is 22.4. The molecular formula is C40H29N. The van der Waals surface area contributed by atoms with Crippen LogP contribution in [-0.2, 0) is 0 Å². The van der Waals surface area contributed by atoms with Crippen molar-refractivity contribution in [3.8, 4) is 33.4 Å². The first kappa shape index (κ1) is 20.5. The molecule has 0 saturated carbocycles. The van der Waals surface area contributed by atoms with Crippen LogP contribution in [0.1, 0.15) is 5.48 Å². The van der Waals surface area contributed by atoms with Crippen molar-refractivity contribution in [3.63, 3.8) is 0 Å². The fraction of sp³-hybridized carbons (Fsp3) is 0. The molecule has 0 aliphatic rings. The normalized spacial score (nSPS) is 12.3. The summed E-state index contributed by atoms with van der Waals surface area (Å²) in [6.07, 6.45) is 0. The van der Waals surface area contributed by atoms with Gasteiger partial charge in [-0.2, -0.15) is 0 Å². The summed E-state index contributed by atoms with van der Waals surface area (Å²) < 4.78 is 36.3. The van der Waals surface area contributed by atoms with Crippen molar-refractivity contribution >= 4 is 27.8 Å². The Labute approximate surface area is 247 Å². The van der Waals surface area contributed by atoms with Crippen molar-refractivity contribution in [1.82, 2.24) is 0 Å². The van der Waals surface area contributed by atoms with Crippen molar-refractivity contribution < 1.29 is 5.48 Å². The summed E-state index contributed by atoms with van der Waals surface area (Å²) in [6.45, 7) is 0. The second kappa shape index (κ2) is 11.0. The molecule has 0 heterocycles. The van der Waals surface area contributed by atoms with Crippen LogP contribution in [-0.4, -0.2) is 0 Å². The number of anilines is 3. The first-order valence-electron chi connectivity index (χ1n) is 15.7. The van der Waals surface area contributed by atoms with Crippen LogP contribution in [0.25, 0.3) is 44.2 Å². The van der Waals surface area contributed by atoms with E-state index < -0.39 is 0 Å². The average Bonchev–Trinajstić information content (AvgIpc) is 3.10. The Bertz CT molecular complexity index is 2040. The SMILES string of the molecule is [2H]c1c([2H])c(-c2ccc3ccccc3c2)c([2H])c(N(c2ccc(-c3ccccc3)cc2)c2ccc(-c3ccccc3)cc2)c1[2H]. The molecule has 7 aromatic carbocycles. The smallest absolute Gasteiger partial charge is 0.0651 e. The third kappa shape index (κ3) is 5.14. The molecular weight excluding hydrogens is 494 g/mol. The highest BCUT2D eigenvalue weighted by Crippen LogP contribution is 2.38. The van der Waals surface area contributed by atoms with Crippen molar-refractivity contribution in [3.05, 3.63) is 176 Å². The van der Waals surface area contributed by atoms with Crippen LogP contribution in [0.4, 0.5) is 17.1 Å². The summed E-state index contributed by atoms with van der Waals surface area (Å²) in [4.78, 5) is 1.87. The van der Waals surface area contributed by atoms with Gasteiger partial charge >= 0.3 is 0 Å². The standard InChI is InChI=1S/C40H29N/c1-3-10-30(11-4-1)33-20-24-38(25-21-33)41(39-26-22-34(23-27-39)31-12-5-2-6-13-31)40-17-9-16-36(29-40)37-19-18-32-14-7-8-15-35(32)28-37/h1-29H/i9D,16D,17D,29D. The lowest BCUT2D eigenvalue weighted by Gasteiger charge is -2.26. The molecule has 0 saturated heterocycles. The van der Waals surface area contributed by atoms with E-state index in [4.69, 9.17) is 4.11 Å². The summed E-state index contributed by atoms with van der Waals surface area (Å²) in [6, 6.07) is 49.7. The Balaban J connectivity index is 1.42. The Hall–Kier alpha value is -5.40. The van der Waals surface area contributed by atoms with Crippen LogP contribution < -0.4 is 4.90 Å². The highest BCUT2D eigenvalue weighted by molar-refractivity contribution is 5.88. The van der Waals surface area contributed by atoms with E-state index >= 15 is 0 Å². The summed E-state index contributed by atoms with van der Waals surface area (Å²) in [7, 11) is 0. The summed E-state index contributed by atoms with van der Waals surface area (Å²) in [5.41, 5.74) is 7.08. The van der Waals surface area contributed by atoms with Crippen molar-refractivity contribution in [1.29, 1.82) is 0 Å². The van der Waals surface area contributed by atoms with E-state index in [0.717, 1.165) is 44.4 Å². The van der Waals surface area contributed by atoms with Gasteiger partial charge in [0.1, 0.15) is 0 Å². The molecule has 41 heavy (non-hydrogen) atoms. The number of rotatable bonds is 6. The molecule has 0 aliphatic heterocycles. The van der Waals surface area contributed by atoms with Gasteiger partial charge in [0, 0.05) is 17.1 Å². The molecule has 194 valence electrons. The monoisotopic (exact) mass is 527 g/mol. The second-order valence-corrected chi connectivity index (χ2v) is 9.95. The minimum Gasteiger partial charge on any atom is -0.310 e. The molecule has 0 atom stereocenters. The third-order valence-corrected chi connectivity index (χ3v) is 7.34.